The molecule has 0 radical (unpaired) electrons. The van der Waals surface area contributed by atoms with Crippen LogP contribution in [0.2, 0.25) is 0 Å². The van der Waals surface area contributed by atoms with E-state index < -0.39 is 5.97 Å². The van der Waals surface area contributed by atoms with E-state index in [1.807, 2.05) is 25.1 Å². The molecule has 0 amide bonds. The van der Waals surface area contributed by atoms with Gasteiger partial charge in [-0.25, -0.2) is 0 Å². The molecule has 17 heavy (non-hydrogen) atoms. The summed E-state index contributed by atoms with van der Waals surface area (Å²) < 4.78 is 1.02. The van der Waals surface area contributed by atoms with Crippen molar-refractivity contribution in [1.82, 2.24) is 4.98 Å². The van der Waals surface area contributed by atoms with Crippen LogP contribution in [0.5, 0.6) is 0 Å². The smallest absolute Gasteiger partial charge is 0.306 e. The monoisotopic (exact) mass is 295 g/mol. The molecule has 0 fully saturated rings. The Bertz CT molecular complexity index is 574. The standard InChI is InChI=1S/C13H14BrNO2/c1-7(13(16)17)5-11-8(2)10-4-3-9(14)6-12(10)15-11/h3-4,6-7,15H,5H2,1-2H3,(H,16,17). The average molecular weight is 296 g/mol. The summed E-state index contributed by atoms with van der Waals surface area (Å²) in [5, 5.41) is 10.1. The van der Waals surface area contributed by atoms with Crippen LogP contribution in [0.1, 0.15) is 18.2 Å². The highest BCUT2D eigenvalue weighted by Crippen LogP contribution is 2.26. The van der Waals surface area contributed by atoms with Crippen molar-refractivity contribution in [2.24, 2.45) is 5.92 Å². The van der Waals surface area contributed by atoms with E-state index >= 15 is 0 Å². The third-order valence-electron chi connectivity index (χ3n) is 3.06. The summed E-state index contributed by atoms with van der Waals surface area (Å²) in [6.45, 7) is 3.75. The molecule has 0 aliphatic carbocycles. The number of carbonyl (C=O) groups is 1. The van der Waals surface area contributed by atoms with Crippen molar-refractivity contribution < 1.29 is 9.90 Å². The van der Waals surface area contributed by atoms with Gasteiger partial charge in [0.2, 0.25) is 0 Å². The van der Waals surface area contributed by atoms with Gasteiger partial charge in [0.1, 0.15) is 0 Å². The lowest BCUT2D eigenvalue weighted by Crippen LogP contribution is -2.12. The Morgan fingerprint density at radius 3 is 2.88 bits per heavy atom. The van der Waals surface area contributed by atoms with Gasteiger partial charge in [0, 0.05) is 27.5 Å². The number of carboxylic acids is 1. The van der Waals surface area contributed by atoms with Gasteiger partial charge in [-0.3, -0.25) is 4.79 Å². The number of carboxylic acid groups (broad SMARTS) is 1. The van der Waals surface area contributed by atoms with E-state index in [4.69, 9.17) is 5.11 Å². The van der Waals surface area contributed by atoms with Crippen molar-refractivity contribution in [3.63, 3.8) is 0 Å². The lowest BCUT2D eigenvalue weighted by atomic mass is 10.0. The van der Waals surface area contributed by atoms with Gasteiger partial charge in [-0.15, -0.1) is 0 Å². The molecular formula is C13H14BrNO2. The quantitative estimate of drug-likeness (QED) is 0.910. The van der Waals surface area contributed by atoms with Gasteiger partial charge >= 0.3 is 5.97 Å². The van der Waals surface area contributed by atoms with Crippen LogP contribution in [0.15, 0.2) is 22.7 Å². The van der Waals surface area contributed by atoms with Crippen LogP contribution >= 0.6 is 15.9 Å². The Morgan fingerprint density at radius 2 is 2.24 bits per heavy atom. The Hall–Kier alpha value is -1.29. The van der Waals surface area contributed by atoms with Crippen LogP contribution in [-0.2, 0) is 11.2 Å². The molecule has 0 bridgehead atoms. The summed E-state index contributed by atoms with van der Waals surface area (Å²) in [6, 6.07) is 6.05. The first-order valence-corrected chi connectivity index (χ1v) is 6.28. The molecule has 0 aliphatic heterocycles. The Kier molecular flexibility index (Phi) is 3.24. The van der Waals surface area contributed by atoms with Crippen molar-refractivity contribution in [2.45, 2.75) is 20.3 Å². The summed E-state index contributed by atoms with van der Waals surface area (Å²) >= 11 is 3.43. The normalized spacial score (nSPS) is 12.9. The minimum Gasteiger partial charge on any atom is -0.481 e. The summed E-state index contributed by atoms with van der Waals surface area (Å²) in [4.78, 5) is 14.2. The summed E-state index contributed by atoms with van der Waals surface area (Å²) in [6.07, 6.45) is 0.535. The molecule has 1 heterocycles. The van der Waals surface area contributed by atoms with Crippen LogP contribution in [0, 0.1) is 12.8 Å². The van der Waals surface area contributed by atoms with Gasteiger partial charge in [0.15, 0.2) is 0 Å². The molecule has 90 valence electrons. The second-order valence-corrected chi connectivity index (χ2v) is 5.28. The number of halogens is 1. The van der Waals surface area contributed by atoms with Gasteiger partial charge in [-0.05, 0) is 24.6 Å². The molecule has 2 N–H and O–H groups in total. The molecular weight excluding hydrogens is 282 g/mol. The summed E-state index contributed by atoms with van der Waals surface area (Å²) in [5.41, 5.74) is 3.19. The fourth-order valence-electron chi connectivity index (χ4n) is 1.96. The maximum atomic E-state index is 10.9. The van der Waals surface area contributed by atoms with Crippen molar-refractivity contribution in [3.8, 4) is 0 Å². The molecule has 0 spiro atoms. The molecule has 2 aromatic rings. The number of fused-ring (bicyclic) bond motifs is 1. The highest BCUT2D eigenvalue weighted by atomic mass is 79.9. The van der Waals surface area contributed by atoms with E-state index in [1.165, 1.54) is 0 Å². The fraction of sp³-hybridized carbons (Fsp3) is 0.308. The number of benzene rings is 1. The molecule has 0 saturated heterocycles. The van der Waals surface area contributed by atoms with E-state index in [-0.39, 0.29) is 5.92 Å². The predicted molar refractivity (Wildman–Crippen MR) is 71.2 cm³/mol. The third kappa shape index (κ3) is 2.36. The van der Waals surface area contributed by atoms with Crippen LogP contribution in [-0.4, -0.2) is 16.1 Å². The average Bonchev–Trinajstić information content (AvgIpc) is 2.55. The van der Waals surface area contributed by atoms with Crippen molar-refractivity contribution in [3.05, 3.63) is 33.9 Å². The molecule has 1 aromatic heterocycles. The lowest BCUT2D eigenvalue weighted by molar-refractivity contribution is -0.141. The zero-order valence-corrected chi connectivity index (χ0v) is 11.3. The van der Waals surface area contributed by atoms with Crippen molar-refractivity contribution in [1.29, 1.82) is 0 Å². The number of aromatic nitrogens is 1. The second kappa shape index (κ2) is 4.53. The van der Waals surface area contributed by atoms with Gasteiger partial charge < -0.3 is 10.1 Å². The minimum absolute atomic E-state index is 0.370. The predicted octanol–water partition coefficient (Wildman–Crippen LogP) is 3.50. The van der Waals surface area contributed by atoms with E-state index in [2.05, 4.69) is 20.9 Å². The number of hydrogen-bond donors (Lipinski definition) is 2. The summed E-state index contributed by atoms with van der Waals surface area (Å²) in [5.74, 6) is -1.13. The zero-order chi connectivity index (χ0) is 12.6. The maximum absolute atomic E-state index is 10.9. The largest absolute Gasteiger partial charge is 0.481 e. The second-order valence-electron chi connectivity index (χ2n) is 4.36. The van der Waals surface area contributed by atoms with E-state index in [1.54, 1.807) is 6.92 Å². The number of hydrogen-bond acceptors (Lipinski definition) is 1. The molecule has 1 atom stereocenters. The van der Waals surface area contributed by atoms with Crippen molar-refractivity contribution >= 4 is 32.8 Å². The first kappa shape index (κ1) is 12.2. The number of aryl methyl sites for hydroxylation is 1. The maximum Gasteiger partial charge on any atom is 0.306 e. The zero-order valence-electron chi connectivity index (χ0n) is 9.75. The number of H-pyrrole nitrogens is 1. The van der Waals surface area contributed by atoms with Crippen molar-refractivity contribution in [2.75, 3.05) is 0 Å². The first-order valence-electron chi connectivity index (χ1n) is 5.48. The van der Waals surface area contributed by atoms with Crippen LogP contribution < -0.4 is 0 Å². The number of rotatable bonds is 3. The van der Waals surface area contributed by atoms with Gasteiger partial charge in [0.25, 0.3) is 0 Å². The minimum atomic E-state index is -0.760. The number of aliphatic carboxylic acids is 1. The Morgan fingerprint density at radius 1 is 1.53 bits per heavy atom. The molecule has 0 aliphatic rings. The van der Waals surface area contributed by atoms with Crippen LogP contribution in [0.25, 0.3) is 10.9 Å². The van der Waals surface area contributed by atoms with E-state index in [0.717, 1.165) is 26.6 Å². The van der Waals surface area contributed by atoms with Gasteiger partial charge in [-0.1, -0.05) is 28.9 Å². The molecule has 4 heteroatoms. The first-order chi connectivity index (χ1) is 7.99. The molecule has 2 rings (SSSR count). The number of nitrogens with one attached hydrogen (secondary N) is 1. The Labute approximate surface area is 108 Å². The van der Waals surface area contributed by atoms with E-state index in [9.17, 15) is 4.79 Å². The lowest BCUT2D eigenvalue weighted by Gasteiger charge is -2.04. The van der Waals surface area contributed by atoms with Gasteiger partial charge in [-0.2, -0.15) is 0 Å². The van der Waals surface area contributed by atoms with E-state index in [0.29, 0.717) is 6.42 Å². The van der Waals surface area contributed by atoms with Crippen LogP contribution in [0.3, 0.4) is 0 Å². The third-order valence-corrected chi connectivity index (χ3v) is 3.55. The topological polar surface area (TPSA) is 53.1 Å². The molecule has 0 saturated carbocycles. The summed E-state index contributed by atoms with van der Waals surface area (Å²) in [7, 11) is 0. The fourth-order valence-corrected chi connectivity index (χ4v) is 2.32. The highest BCUT2D eigenvalue weighted by molar-refractivity contribution is 9.10. The molecule has 1 unspecified atom stereocenters. The number of aromatic amines is 1. The van der Waals surface area contributed by atoms with Crippen LogP contribution in [0.4, 0.5) is 0 Å². The van der Waals surface area contributed by atoms with Gasteiger partial charge in [0.05, 0.1) is 5.92 Å². The highest BCUT2D eigenvalue weighted by Gasteiger charge is 2.15. The Balaban J connectivity index is 2.42. The molecule has 3 nitrogen and oxygen atoms in total. The molecule has 1 aromatic carbocycles. The SMILES string of the molecule is Cc1c(CC(C)C(=O)O)[nH]c2cc(Br)ccc12.